The minimum atomic E-state index is -0.276. The maximum Gasteiger partial charge on any atom is 0.191 e. The first-order valence-corrected chi connectivity index (χ1v) is 9.37. The third-order valence-electron chi connectivity index (χ3n) is 5.45. The lowest BCUT2D eigenvalue weighted by molar-refractivity contribution is -0.0172. The molecule has 150 valence electrons. The zero-order chi connectivity index (χ0) is 18.1. The lowest BCUT2D eigenvalue weighted by atomic mass is 10.1. The largest absolute Gasteiger partial charge is 0.467 e. The van der Waals surface area contributed by atoms with E-state index < -0.39 is 0 Å². The molecule has 0 radical (unpaired) electrons. The van der Waals surface area contributed by atoms with Crippen LogP contribution in [-0.4, -0.2) is 49.9 Å². The van der Waals surface area contributed by atoms with Crippen LogP contribution in [0, 0.1) is 11.7 Å². The molecule has 6 nitrogen and oxygen atoms in total. The Labute approximate surface area is 176 Å². The van der Waals surface area contributed by atoms with E-state index in [-0.39, 0.29) is 36.6 Å². The maximum absolute atomic E-state index is 13.9. The lowest BCUT2D eigenvalue weighted by Crippen LogP contribution is -2.46. The first-order chi connectivity index (χ1) is 12.6. The molecular formula is C19H28FIN4O2. The zero-order valence-corrected chi connectivity index (χ0v) is 18.2. The van der Waals surface area contributed by atoms with Crippen molar-refractivity contribution in [3.63, 3.8) is 0 Å². The monoisotopic (exact) mass is 490 g/mol. The number of nitrogens with one attached hydrogen (secondary N) is 2. The van der Waals surface area contributed by atoms with E-state index in [0.29, 0.717) is 25.1 Å². The molecule has 1 saturated heterocycles. The van der Waals surface area contributed by atoms with Gasteiger partial charge in [0.25, 0.3) is 0 Å². The molecule has 3 aliphatic rings. The summed E-state index contributed by atoms with van der Waals surface area (Å²) in [6.45, 7) is 5.52. The van der Waals surface area contributed by atoms with Crippen LogP contribution in [0.1, 0.15) is 30.9 Å². The van der Waals surface area contributed by atoms with Crippen LogP contribution in [0.3, 0.4) is 0 Å². The predicted octanol–water partition coefficient (Wildman–Crippen LogP) is 2.46. The van der Waals surface area contributed by atoms with Crippen molar-refractivity contribution in [2.24, 2.45) is 10.9 Å². The highest BCUT2D eigenvalue weighted by Crippen LogP contribution is 2.32. The Morgan fingerprint density at radius 1 is 1.33 bits per heavy atom. The van der Waals surface area contributed by atoms with Crippen LogP contribution >= 0.6 is 24.0 Å². The Kier molecular flexibility index (Phi) is 6.80. The molecule has 8 heteroatoms. The fourth-order valence-corrected chi connectivity index (χ4v) is 3.87. The van der Waals surface area contributed by atoms with E-state index >= 15 is 0 Å². The molecule has 2 unspecified atom stereocenters. The average Bonchev–Trinajstić information content (AvgIpc) is 3.42. The summed E-state index contributed by atoms with van der Waals surface area (Å²) >= 11 is 0. The van der Waals surface area contributed by atoms with Crippen molar-refractivity contribution >= 4 is 29.9 Å². The Morgan fingerprint density at radius 3 is 2.89 bits per heavy atom. The number of rotatable bonds is 4. The number of hydrogen-bond acceptors (Lipinski definition) is 4. The second kappa shape index (κ2) is 8.91. The molecule has 1 saturated carbocycles. The van der Waals surface area contributed by atoms with Gasteiger partial charge in [0.15, 0.2) is 12.8 Å². The molecule has 0 spiro atoms. The summed E-state index contributed by atoms with van der Waals surface area (Å²) in [5.41, 5.74) is 1.53. The molecular weight excluding hydrogens is 462 g/mol. The van der Waals surface area contributed by atoms with Gasteiger partial charge in [-0.1, -0.05) is 6.92 Å². The van der Waals surface area contributed by atoms with Crippen molar-refractivity contribution in [1.29, 1.82) is 0 Å². The number of fused-ring (bicyclic) bond motifs is 1. The van der Waals surface area contributed by atoms with Crippen LogP contribution in [-0.2, 0) is 17.9 Å². The van der Waals surface area contributed by atoms with Gasteiger partial charge in [0.05, 0.1) is 6.61 Å². The number of likely N-dealkylation sites (tertiary alicyclic amines) is 1. The minimum Gasteiger partial charge on any atom is -0.467 e. The van der Waals surface area contributed by atoms with E-state index in [1.54, 1.807) is 7.05 Å². The standard InChI is InChI=1S/C19H27FN4O2.HI/c1-12-8-24(16-3-4-16)9-17(12)23-19(21-2)22-7-13-5-15(20)6-14-10-25-11-26-18(13)14;/h5-6,12,16-17H,3-4,7-11H2,1-2H3,(H2,21,22,23);1H. The van der Waals surface area contributed by atoms with Gasteiger partial charge in [-0.05, 0) is 30.9 Å². The molecule has 1 aliphatic carbocycles. The molecule has 27 heavy (non-hydrogen) atoms. The van der Waals surface area contributed by atoms with Gasteiger partial charge in [-0.2, -0.15) is 0 Å². The normalized spacial score (nSPS) is 25.4. The minimum absolute atomic E-state index is 0. The number of benzene rings is 1. The number of aliphatic imine (C=N–C) groups is 1. The van der Waals surface area contributed by atoms with Crippen molar-refractivity contribution in [2.75, 3.05) is 26.9 Å². The van der Waals surface area contributed by atoms with E-state index in [4.69, 9.17) is 9.47 Å². The van der Waals surface area contributed by atoms with Crippen LogP contribution in [0.25, 0.3) is 0 Å². The first-order valence-electron chi connectivity index (χ1n) is 9.37. The molecule has 2 fully saturated rings. The lowest BCUT2D eigenvalue weighted by Gasteiger charge is -2.23. The maximum atomic E-state index is 13.9. The highest BCUT2D eigenvalue weighted by molar-refractivity contribution is 14.0. The Hall–Kier alpha value is -1.13. The van der Waals surface area contributed by atoms with Gasteiger partial charge < -0.3 is 20.1 Å². The molecule has 0 bridgehead atoms. The molecule has 4 rings (SSSR count). The van der Waals surface area contributed by atoms with E-state index in [1.807, 2.05) is 0 Å². The number of guanidine groups is 1. The fraction of sp³-hybridized carbons (Fsp3) is 0.632. The molecule has 2 heterocycles. The second-order valence-corrected chi connectivity index (χ2v) is 7.50. The Morgan fingerprint density at radius 2 is 2.15 bits per heavy atom. The molecule has 2 aliphatic heterocycles. The van der Waals surface area contributed by atoms with Crippen LogP contribution in [0.15, 0.2) is 17.1 Å². The number of ether oxygens (including phenoxy) is 2. The van der Waals surface area contributed by atoms with Crippen LogP contribution in [0.4, 0.5) is 4.39 Å². The summed E-state index contributed by atoms with van der Waals surface area (Å²) in [5, 5.41) is 6.83. The van der Waals surface area contributed by atoms with Crippen LogP contribution in [0.5, 0.6) is 5.75 Å². The van der Waals surface area contributed by atoms with E-state index in [0.717, 1.165) is 42.0 Å². The van der Waals surface area contributed by atoms with Gasteiger partial charge >= 0.3 is 0 Å². The summed E-state index contributed by atoms with van der Waals surface area (Å²) in [6, 6.07) is 4.15. The van der Waals surface area contributed by atoms with Gasteiger partial charge in [0, 0.05) is 49.9 Å². The SMILES string of the molecule is CN=C(NCc1cc(F)cc2c1OCOC2)NC1CN(C2CC2)CC1C.I. The first kappa shape index (κ1) is 20.6. The topological polar surface area (TPSA) is 58.1 Å². The van der Waals surface area contributed by atoms with Crippen molar-refractivity contribution in [2.45, 2.75) is 45.0 Å². The molecule has 0 aromatic heterocycles. The van der Waals surface area contributed by atoms with Crippen LogP contribution in [0.2, 0.25) is 0 Å². The van der Waals surface area contributed by atoms with Crippen molar-refractivity contribution < 1.29 is 13.9 Å². The second-order valence-electron chi connectivity index (χ2n) is 7.50. The van der Waals surface area contributed by atoms with Crippen molar-refractivity contribution in [3.8, 4) is 5.75 Å². The third-order valence-corrected chi connectivity index (χ3v) is 5.45. The van der Waals surface area contributed by atoms with Gasteiger partial charge in [0.1, 0.15) is 11.6 Å². The number of nitrogens with zero attached hydrogens (tertiary/aromatic N) is 2. The molecule has 0 amide bonds. The predicted molar refractivity (Wildman–Crippen MR) is 113 cm³/mol. The molecule has 2 N–H and O–H groups in total. The summed E-state index contributed by atoms with van der Waals surface area (Å²) in [5.74, 6) is 1.76. The Bertz CT molecular complexity index is 699. The molecule has 1 aromatic rings. The highest BCUT2D eigenvalue weighted by Gasteiger charge is 2.38. The van der Waals surface area contributed by atoms with E-state index in [2.05, 4.69) is 27.4 Å². The molecule has 2 atom stereocenters. The molecule has 1 aromatic carbocycles. The smallest absolute Gasteiger partial charge is 0.191 e. The third kappa shape index (κ3) is 4.83. The number of hydrogen-bond donors (Lipinski definition) is 2. The summed E-state index contributed by atoms with van der Waals surface area (Å²) in [4.78, 5) is 6.91. The fourth-order valence-electron chi connectivity index (χ4n) is 3.87. The van der Waals surface area contributed by atoms with Gasteiger partial charge in [-0.25, -0.2) is 4.39 Å². The van der Waals surface area contributed by atoms with Gasteiger partial charge in [-0.15, -0.1) is 24.0 Å². The van der Waals surface area contributed by atoms with Gasteiger partial charge in [-0.3, -0.25) is 9.89 Å². The Balaban J connectivity index is 0.00000210. The summed E-state index contributed by atoms with van der Waals surface area (Å²) in [7, 11) is 1.76. The van der Waals surface area contributed by atoms with E-state index in [1.165, 1.54) is 25.0 Å². The summed E-state index contributed by atoms with van der Waals surface area (Å²) < 4.78 is 24.7. The van der Waals surface area contributed by atoms with Crippen molar-refractivity contribution in [3.05, 3.63) is 29.1 Å². The van der Waals surface area contributed by atoms with E-state index in [9.17, 15) is 4.39 Å². The highest BCUT2D eigenvalue weighted by atomic mass is 127. The number of halogens is 2. The summed E-state index contributed by atoms with van der Waals surface area (Å²) in [6.07, 6.45) is 2.67. The van der Waals surface area contributed by atoms with Gasteiger partial charge in [0.2, 0.25) is 0 Å². The van der Waals surface area contributed by atoms with Crippen LogP contribution < -0.4 is 15.4 Å². The van der Waals surface area contributed by atoms with Crippen molar-refractivity contribution in [1.82, 2.24) is 15.5 Å². The average molecular weight is 490 g/mol. The quantitative estimate of drug-likeness (QED) is 0.386. The zero-order valence-electron chi connectivity index (χ0n) is 15.8.